The molecule has 0 saturated heterocycles. The van der Waals surface area contributed by atoms with Crippen LogP contribution in [0, 0.1) is 6.92 Å². The fourth-order valence-corrected chi connectivity index (χ4v) is 3.47. The number of carbonyl (C=O) groups is 1. The summed E-state index contributed by atoms with van der Waals surface area (Å²) < 4.78 is 5.28. The van der Waals surface area contributed by atoms with Gasteiger partial charge in [0.2, 0.25) is 5.91 Å². The summed E-state index contributed by atoms with van der Waals surface area (Å²) in [4.78, 5) is 26.5. The number of amides is 1. The highest BCUT2D eigenvalue weighted by molar-refractivity contribution is 5.87. The maximum atomic E-state index is 12.8. The zero-order chi connectivity index (χ0) is 17.4. The van der Waals surface area contributed by atoms with E-state index in [9.17, 15) is 9.59 Å². The van der Waals surface area contributed by atoms with Crippen LogP contribution in [0.15, 0.2) is 57.7 Å². The predicted molar refractivity (Wildman–Crippen MR) is 96.5 cm³/mol. The number of hydrogen-bond donors (Lipinski definition) is 0. The Hall–Kier alpha value is -2.88. The second-order valence-electron chi connectivity index (χ2n) is 6.60. The average Bonchev–Trinajstić information content (AvgIpc) is 2.60. The van der Waals surface area contributed by atoms with Gasteiger partial charge in [0.1, 0.15) is 5.58 Å². The zero-order valence-corrected chi connectivity index (χ0v) is 14.1. The number of hydrogen-bond acceptors (Lipinski definition) is 3. The van der Waals surface area contributed by atoms with Crippen LogP contribution in [0.3, 0.4) is 0 Å². The third-order valence-electron chi connectivity index (χ3n) is 4.81. The van der Waals surface area contributed by atoms with Crippen molar-refractivity contribution in [2.24, 2.45) is 0 Å². The van der Waals surface area contributed by atoms with Crippen LogP contribution in [0.2, 0.25) is 0 Å². The van der Waals surface area contributed by atoms with E-state index in [0.717, 1.165) is 22.9 Å². The summed E-state index contributed by atoms with van der Waals surface area (Å²) in [5, 5.41) is 0.830. The van der Waals surface area contributed by atoms with Crippen LogP contribution in [0.25, 0.3) is 11.0 Å². The number of aryl methyl sites for hydroxylation is 1. The molecular weight excluding hydrogens is 314 g/mol. The number of carbonyl (C=O) groups excluding carboxylic acids is 1. The quantitative estimate of drug-likeness (QED) is 0.677. The SMILES string of the molecule is Cc1ccc2c(CC(=O)N3CCc4ccccc4C3)cc(=O)oc2c1. The maximum absolute atomic E-state index is 12.8. The molecule has 0 fully saturated rings. The molecule has 0 saturated carbocycles. The van der Waals surface area contributed by atoms with Crippen molar-refractivity contribution in [3.63, 3.8) is 0 Å². The van der Waals surface area contributed by atoms with E-state index in [1.54, 1.807) is 0 Å². The molecule has 0 unspecified atom stereocenters. The van der Waals surface area contributed by atoms with Gasteiger partial charge in [-0.25, -0.2) is 4.79 Å². The molecule has 0 aliphatic carbocycles. The Labute approximate surface area is 145 Å². The molecule has 2 aromatic carbocycles. The van der Waals surface area contributed by atoms with E-state index in [-0.39, 0.29) is 12.3 Å². The predicted octanol–water partition coefficient (Wildman–Crippen LogP) is 3.23. The van der Waals surface area contributed by atoms with E-state index in [0.29, 0.717) is 18.7 Å². The Balaban J connectivity index is 1.61. The molecule has 2 heterocycles. The number of fused-ring (bicyclic) bond motifs is 2. The normalized spacial score (nSPS) is 13.7. The van der Waals surface area contributed by atoms with Crippen LogP contribution < -0.4 is 5.63 Å². The highest BCUT2D eigenvalue weighted by Gasteiger charge is 2.21. The molecule has 1 amide bonds. The lowest BCUT2D eigenvalue weighted by atomic mass is 9.99. The van der Waals surface area contributed by atoms with Crippen LogP contribution in [0.5, 0.6) is 0 Å². The molecule has 4 nitrogen and oxygen atoms in total. The number of nitrogens with zero attached hydrogens (tertiary/aromatic N) is 1. The van der Waals surface area contributed by atoms with Gasteiger partial charge in [-0.2, -0.15) is 0 Å². The molecule has 0 N–H and O–H groups in total. The van der Waals surface area contributed by atoms with Crippen molar-refractivity contribution >= 4 is 16.9 Å². The second kappa shape index (κ2) is 6.20. The van der Waals surface area contributed by atoms with Gasteiger partial charge < -0.3 is 9.32 Å². The fourth-order valence-electron chi connectivity index (χ4n) is 3.47. The first-order chi connectivity index (χ1) is 12.1. The highest BCUT2D eigenvalue weighted by atomic mass is 16.4. The third kappa shape index (κ3) is 3.07. The van der Waals surface area contributed by atoms with Gasteiger partial charge in [-0.15, -0.1) is 0 Å². The van der Waals surface area contributed by atoms with Crippen molar-refractivity contribution in [1.29, 1.82) is 0 Å². The Morgan fingerprint density at radius 2 is 1.92 bits per heavy atom. The Kier molecular flexibility index (Phi) is 3.88. The van der Waals surface area contributed by atoms with Crippen molar-refractivity contribution in [2.45, 2.75) is 26.3 Å². The van der Waals surface area contributed by atoms with Crippen molar-refractivity contribution in [3.05, 3.63) is 81.2 Å². The minimum atomic E-state index is -0.412. The summed E-state index contributed by atoms with van der Waals surface area (Å²) >= 11 is 0. The van der Waals surface area contributed by atoms with Gasteiger partial charge in [0, 0.05) is 24.5 Å². The van der Waals surface area contributed by atoms with Crippen LogP contribution in [-0.2, 0) is 24.2 Å². The fraction of sp³-hybridized carbons (Fsp3) is 0.238. The minimum Gasteiger partial charge on any atom is -0.423 e. The van der Waals surface area contributed by atoms with E-state index in [4.69, 9.17) is 4.42 Å². The molecule has 1 aliphatic heterocycles. The molecule has 0 radical (unpaired) electrons. The summed E-state index contributed by atoms with van der Waals surface area (Å²) in [6.45, 7) is 3.30. The first-order valence-electron chi connectivity index (χ1n) is 8.48. The second-order valence-corrected chi connectivity index (χ2v) is 6.60. The van der Waals surface area contributed by atoms with E-state index >= 15 is 0 Å². The van der Waals surface area contributed by atoms with E-state index in [2.05, 4.69) is 12.1 Å². The van der Waals surface area contributed by atoms with Crippen LogP contribution in [0.4, 0.5) is 0 Å². The lowest BCUT2D eigenvalue weighted by Crippen LogP contribution is -2.37. The molecule has 1 aromatic heterocycles. The Bertz CT molecular complexity index is 1020. The summed E-state index contributed by atoms with van der Waals surface area (Å²) in [6.07, 6.45) is 1.09. The Morgan fingerprint density at radius 3 is 2.76 bits per heavy atom. The molecule has 3 aromatic rings. The zero-order valence-electron chi connectivity index (χ0n) is 14.1. The molecule has 1 aliphatic rings. The molecule has 0 bridgehead atoms. The van der Waals surface area contributed by atoms with E-state index in [1.807, 2.05) is 42.2 Å². The molecule has 0 atom stereocenters. The topological polar surface area (TPSA) is 50.5 Å². The standard InChI is InChI=1S/C21H19NO3/c1-14-6-7-18-17(12-21(24)25-19(18)10-14)11-20(23)22-9-8-15-4-2-3-5-16(15)13-22/h2-7,10,12H,8-9,11,13H2,1H3. The largest absolute Gasteiger partial charge is 0.423 e. The summed E-state index contributed by atoms with van der Waals surface area (Å²) in [6, 6.07) is 15.4. The average molecular weight is 333 g/mol. The van der Waals surface area contributed by atoms with Gasteiger partial charge >= 0.3 is 5.63 Å². The third-order valence-corrected chi connectivity index (χ3v) is 4.81. The summed E-state index contributed by atoms with van der Waals surface area (Å²) in [5.41, 5.74) is 4.40. The van der Waals surface area contributed by atoms with Crippen LogP contribution >= 0.6 is 0 Å². The van der Waals surface area contributed by atoms with E-state index < -0.39 is 5.63 Å². The molecule has 4 rings (SSSR count). The monoisotopic (exact) mass is 333 g/mol. The van der Waals surface area contributed by atoms with Gasteiger partial charge in [0.25, 0.3) is 0 Å². The smallest absolute Gasteiger partial charge is 0.336 e. The van der Waals surface area contributed by atoms with Gasteiger partial charge in [-0.05, 0) is 41.7 Å². The summed E-state index contributed by atoms with van der Waals surface area (Å²) in [7, 11) is 0. The molecule has 4 heteroatoms. The lowest BCUT2D eigenvalue weighted by molar-refractivity contribution is -0.131. The first kappa shape index (κ1) is 15.6. The maximum Gasteiger partial charge on any atom is 0.336 e. The highest BCUT2D eigenvalue weighted by Crippen LogP contribution is 2.22. The van der Waals surface area contributed by atoms with Crippen LogP contribution in [-0.4, -0.2) is 17.4 Å². The first-order valence-corrected chi connectivity index (χ1v) is 8.48. The van der Waals surface area contributed by atoms with Gasteiger partial charge in [-0.3, -0.25) is 4.79 Å². The van der Waals surface area contributed by atoms with Crippen molar-refractivity contribution in [1.82, 2.24) is 4.90 Å². The number of benzene rings is 2. The molecule has 25 heavy (non-hydrogen) atoms. The van der Waals surface area contributed by atoms with E-state index in [1.165, 1.54) is 17.2 Å². The Morgan fingerprint density at radius 1 is 1.12 bits per heavy atom. The van der Waals surface area contributed by atoms with Crippen molar-refractivity contribution in [2.75, 3.05) is 6.54 Å². The van der Waals surface area contributed by atoms with Gasteiger partial charge in [0.05, 0.1) is 6.42 Å². The molecule has 126 valence electrons. The van der Waals surface area contributed by atoms with Gasteiger partial charge in [-0.1, -0.05) is 36.4 Å². The van der Waals surface area contributed by atoms with Crippen LogP contribution in [0.1, 0.15) is 22.3 Å². The molecule has 0 spiro atoms. The van der Waals surface area contributed by atoms with Crippen molar-refractivity contribution < 1.29 is 9.21 Å². The summed E-state index contributed by atoms with van der Waals surface area (Å²) in [5.74, 6) is 0.0435. The van der Waals surface area contributed by atoms with Gasteiger partial charge in [0.15, 0.2) is 0 Å². The van der Waals surface area contributed by atoms with Crippen molar-refractivity contribution in [3.8, 4) is 0 Å². The number of rotatable bonds is 2. The minimum absolute atomic E-state index is 0.0435. The lowest BCUT2D eigenvalue weighted by Gasteiger charge is -2.29. The molecular formula is C21H19NO3.